The van der Waals surface area contributed by atoms with Crippen molar-refractivity contribution in [1.29, 1.82) is 0 Å². The van der Waals surface area contributed by atoms with E-state index in [1.54, 1.807) is 0 Å². The van der Waals surface area contributed by atoms with Crippen molar-refractivity contribution in [2.75, 3.05) is 20.1 Å². The number of likely N-dealkylation sites (N-methyl/N-ethyl adjacent to an activating group) is 1. The first kappa shape index (κ1) is 19.1. The van der Waals surface area contributed by atoms with Crippen molar-refractivity contribution in [2.45, 2.75) is 37.0 Å². The van der Waals surface area contributed by atoms with Gasteiger partial charge in [0.15, 0.2) is 0 Å². The highest BCUT2D eigenvalue weighted by Crippen LogP contribution is 2.38. The molecule has 0 saturated heterocycles. The summed E-state index contributed by atoms with van der Waals surface area (Å²) in [4.78, 5) is 2.30. The van der Waals surface area contributed by atoms with Crippen LogP contribution in [0.1, 0.15) is 32.1 Å². The SMILES string of the molecule is CN1C=C([C@@H]2CCCC[C@H]2CCNS(=O)(=O)c2ccc(F)cc2)C=CC1. The molecule has 1 heterocycles. The van der Waals surface area contributed by atoms with Crippen molar-refractivity contribution < 1.29 is 12.8 Å². The lowest BCUT2D eigenvalue weighted by Crippen LogP contribution is -2.30. The van der Waals surface area contributed by atoms with Gasteiger partial charge in [0.1, 0.15) is 5.82 Å². The van der Waals surface area contributed by atoms with E-state index in [2.05, 4.69) is 35.0 Å². The lowest BCUT2D eigenvalue weighted by molar-refractivity contribution is 0.257. The molecule has 0 amide bonds. The van der Waals surface area contributed by atoms with Gasteiger partial charge >= 0.3 is 0 Å². The van der Waals surface area contributed by atoms with Gasteiger partial charge in [-0.15, -0.1) is 0 Å². The molecule has 1 fully saturated rings. The van der Waals surface area contributed by atoms with Crippen molar-refractivity contribution in [1.82, 2.24) is 9.62 Å². The summed E-state index contributed by atoms with van der Waals surface area (Å²) in [5, 5.41) is 0. The third-order valence-electron chi connectivity index (χ3n) is 5.34. The molecular weight excluding hydrogens is 351 g/mol. The Labute approximate surface area is 155 Å². The number of nitrogens with one attached hydrogen (secondary N) is 1. The maximum Gasteiger partial charge on any atom is 0.240 e. The number of benzene rings is 1. The van der Waals surface area contributed by atoms with Gasteiger partial charge < -0.3 is 4.90 Å². The average molecular weight is 379 g/mol. The number of allylic oxidation sites excluding steroid dienone is 2. The first-order valence-corrected chi connectivity index (χ1v) is 10.8. The fraction of sp³-hybridized carbons (Fsp3) is 0.500. The van der Waals surface area contributed by atoms with E-state index in [9.17, 15) is 12.8 Å². The van der Waals surface area contributed by atoms with Crippen LogP contribution in [0.25, 0.3) is 0 Å². The van der Waals surface area contributed by atoms with Crippen molar-refractivity contribution >= 4 is 10.0 Å². The van der Waals surface area contributed by atoms with E-state index in [0.717, 1.165) is 19.4 Å². The minimum absolute atomic E-state index is 0.110. The molecular formula is C20H27FN2O2S. The molecule has 1 saturated carbocycles. The highest BCUT2D eigenvalue weighted by molar-refractivity contribution is 7.89. The monoisotopic (exact) mass is 378 g/mol. The Morgan fingerprint density at radius 3 is 2.65 bits per heavy atom. The summed E-state index contributed by atoms with van der Waals surface area (Å²) >= 11 is 0. The van der Waals surface area contributed by atoms with Crippen molar-refractivity contribution in [3.05, 3.63) is 54.0 Å². The standard InChI is InChI=1S/C20H27FN2O2S/c1-23-14-4-6-17(15-23)20-7-3-2-5-16(20)12-13-22-26(24,25)19-10-8-18(21)9-11-19/h4,6,8-11,15-16,20,22H,2-3,5,7,12-14H2,1H3/t16-,20+/m0/s1. The Balaban J connectivity index is 1.60. The zero-order valence-corrected chi connectivity index (χ0v) is 16.0. The topological polar surface area (TPSA) is 49.4 Å². The van der Waals surface area contributed by atoms with Gasteiger partial charge in [-0.05, 0) is 60.9 Å². The molecule has 4 nitrogen and oxygen atoms in total. The number of halogens is 1. The highest BCUT2D eigenvalue weighted by Gasteiger charge is 2.28. The fourth-order valence-corrected chi connectivity index (χ4v) is 5.04. The Bertz CT molecular complexity index is 772. The quantitative estimate of drug-likeness (QED) is 0.821. The molecule has 0 unspecified atom stereocenters. The van der Waals surface area contributed by atoms with Crippen molar-refractivity contribution in [3.63, 3.8) is 0 Å². The zero-order chi connectivity index (χ0) is 18.6. The van der Waals surface area contributed by atoms with Gasteiger partial charge in [0.05, 0.1) is 4.90 Å². The van der Waals surface area contributed by atoms with Crippen LogP contribution < -0.4 is 4.72 Å². The highest BCUT2D eigenvalue weighted by atomic mass is 32.2. The van der Waals surface area contributed by atoms with E-state index >= 15 is 0 Å². The van der Waals surface area contributed by atoms with Gasteiger partial charge in [-0.25, -0.2) is 17.5 Å². The molecule has 142 valence electrons. The van der Waals surface area contributed by atoms with E-state index in [1.807, 2.05) is 0 Å². The minimum atomic E-state index is -3.58. The normalized spacial score (nSPS) is 23.8. The van der Waals surface area contributed by atoms with E-state index in [0.29, 0.717) is 18.4 Å². The van der Waals surface area contributed by atoms with Crippen LogP contribution in [0.3, 0.4) is 0 Å². The maximum absolute atomic E-state index is 13.0. The molecule has 1 aliphatic heterocycles. The van der Waals surface area contributed by atoms with Crippen LogP contribution in [0.15, 0.2) is 53.1 Å². The summed E-state index contributed by atoms with van der Waals surface area (Å²) in [6.45, 7) is 1.35. The smallest absolute Gasteiger partial charge is 0.240 e. The number of nitrogens with zero attached hydrogens (tertiary/aromatic N) is 1. The maximum atomic E-state index is 13.0. The van der Waals surface area contributed by atoms with Crippen LogP contribution >= 0.6 is 0 Å². The number of sulfonamides is 1. The van der Waals surface area contributed by atoms with Crippen LogP contribution in [-0.2, 0) is 10.0 Å². The second kappa shape index (κ2) is 8.35. The predicted octanol–water partition coefficient (Wildman–Crippen LogP) is 3.69. The Hall–Kier alpha value is -1.66. The fourth-order valence-electron chi connectivity index (χ4n) is 3.99. The molecule has 26 heavy (non-hydrogen) atoms. The van der Waals surface area contributed by atoms with Gasteiger partial charge in [-0.1, -0.05) is 25.0 Å². The lowest BCUT2D eigenvalue weighted by atomic mass is 9.73. The number of hydrogen-bond acceptors (Lipinski definition) is 3. The molecule has 0 spiro atoms. The summed E-state index contributed by atoms with van der Waals surface area (Å²) in [6, 6.07) is 4.94. The Kier molecular flexibility index (Phi) is 6.14. The van der Waals surface area contributed by atoms with Gasteiger partial charge in [0.2, 0.25) is 10.0 Å². The molecule has 1 aromatic carbocycles. The third kappa shape index (κ3) is 4.74. The molecule has 3 rings (SSSR count). The van der Waals surface area contributed by atoms with Crippen LogP contribution in [0.4, 0.5) is 4.39 Å². The van der Waals surface area contributed by atoms with Crippen LogP contribution in [-0.4, -0.2) is 33.5 Å². The molecule has 6 heteroatoms. The largest absolute Gasteiger partial charge is 0.376 e. The summed E-state index contributed by atoms with van der Waals surface area (Å²) < 4.78 is 40.4. The van der Waals surface area contributed by atoms with Crippen molar-refractivity contribution in [2.24, 2.45) is 11.8 Å². The van der Waals surface area contributed by atoms with Crippen LogP contribution in [0.5, 0.6) is 0 Å². The first-order valence-electron chi connectivity index (χ1n) is 9.29. The molecule has 0 bridgehead atoms. The summed E-state index contributed by atoms with van der Waals surface area (Å²) in [5.74, 6) is 0.549. The van der Waals surface area contributed by atoms with Gasteiger partial charge in [0, 0.05) is 26.3 Å². The van der Waals surface area contributed by atoms with E-state index in [1.165, 1.54) is 49.1 Å². The molecule has 2 atom stereocenters. The molecule has 1 aromatic rings. The average Bonchev–Trinajstić information content (AvgIpc) is 2.62. The molecule has 0 aromatic heterocycles. The Morgan fingerprint density at radius 1 is 1.19 bits per heavy atom. The minimum Gasteiger partial charge on any atom is -0.376 e. The Morgan fingerprint density at radius 2 is 1.92 bits per heavy atom. The van der Waals surface area contributed by atoms with Crippen LogP contribution in [0.2, 0.25) is 0 Å². The third-order valence-corrected chi connectivity index (χ3v) is 6.82. The van der Waals surface area contributed by atoms with Gasteiger partial charge in [-0.2, -0.15) is 0 Å². The lowest BCUT2D eigenvalue weighted by Gasteiger charge is -2.34. The molecule has 1 N–H and O–H groups in total. The second-order valence-corrected chi connectivity index (χ2v) is 9.03. The summed E-state index contributed by atoms with van der Waals surface area (Å²) in [6.07, 6.45) is 12.2. The number of hydrogen-bond donors (Lipinski definition) is 1. The van der Waals surface area contributed by atoms with Crippen LogP contribution in [0, 0.1) is 17.7 Å². The summed E-state index contributed by atoms with van der Waals surface area (Å²) in [7, 11) is -1.50. The number of rotatable bonds is 6. The van der Waals surface area contributed by atoms with E-state index < -0.39 is 15.8 Å². The first-order chi connectivity index (χ1) is 12.5. The van der Waals surface area contributed by atoms with Gasteiger partial charge in [0.25, 0.3) is 0 Å². The molecule has 0 radical (unpaired) electrons. The van der Waals surface area contributed by atoms with E-state index in [-0.39, 0.29) is 4.90 Å². The van der Waals surface area contributed by atoms with E-state index in [4.69, 9.17) is 0 Å². The van der Waals surface area contributed by atoms with Gasteiger partial charge in [-0.3, -0.25) is 0 Å². The second-order valence-electron chi connectivity index (χ2n) is 7.26. The molecule has 2 aliphatic rings. The zero-order valence-electron chi connectivity index (χ0n) is 15.2. The summed E-state index contributed by atoms with van der Waals surface area (Å²) in [5.41, 5.74) is 1.37. The van der Waals surface area contributed by atoms with Crippen molar-refractivity contribution in [3.8, 4) is 0 Å². The molecule has 1 aliphatic carbocycles. The predicted molar refractivity (Wildman–Crippen MR) is 102 cm³/mol.